The molecular formula is C29H41N3O5S. The van der Waals surface area contributed by atoms with Gasteiger partial charge in [-0.3, -0.25) is 13.9 Å². The lowest BCUT2D eigenvalue weighted by atomic mass is 9.95. The smallest absolute Gasteiger partial charge is 0.242 e. The topological polar surface area (TPSA) is 96.0 Å². The van der Waals surface area contributed by atoms with Gasteiger partial charge in [-0.05, 0) is 68.5 Å². The molecule has 0 aromatic heterocycles. The van der Waals surface area contributed by atoms with Gasteiger partial charge in [-0.2, -0.15) is 0 Å². The molecule has 2 aromatic rings. The van der Waals surface area contributed by atoms with Crippen LogP contribution in [0.2, 0.25) is 0 Å². The molecule has 1 fully saturated rings. The molecule has 0 bridgehead atoms. The van der Waals surface area contributed by atoms with Crippen molar-refractivity contribution in [1.82, 2.24) is 10.2 Å². The normalized spacial score (nSPS) is 14.9. The molecule has 0 saturated heterocycles. The molecule has 2 aromatic carbocycles. The molecule has 1 aliphatic rings. The van der Waals surface area contributed by atoms with Crippen LogP contribution in [0.5, 0.6) is 5.75 Å². The summed E-state index contributed by atoms with van der Waals surface area (Å²) in [7, 11) is -2.00. The molecule has 208 valence electrons. The van der Waals surface area contributed by atoms with E-state index >= 15 is 0 Å². The number of aryl methyl sites for hydroxylation is 1. The Hall–Kier alpha value is -3.07. The summed E-state index contributed by atoms with van der Waals surface area (Å²) in [5.74, 6) is 0.308. The highest BCUT2D eigenvalue weighted by molar-refractivity contribution is 7.92. The predicted octanol–water partition coefficient (Wildman–Crippen LogP) is 4.42. The summed E-state index contributed by atoms with van der Waals surface area (Å²) in [5.41, 5.74) is 2.54. The van der Waals surface area contributed by atoms with Gasteiger partial charge in [0, 0.05) is 25.6 Å². The van der Waals surface area contributed by atoms with Gasteiger partial charge in [0.15, 0.2) is 0 Å². The molecule has 0 spiro atoms. The highest BCUT2D eigenvalue weighted by Gasteiger charge is 2.28. The van der Waals surface area contributed by atoms with Crippen LogP contribution in [-0.4, -0.2) is 57.1 Å². The fourth-order valence-electron chi connectivity index (χ4n) is 4.87. The second-order valence-electron chi connectivity index (χ2n) is 10.1. The van der Waals surface area contributed by atoms with Crippen LogP contribution < -0.4 is 14.4 Å². The lowest BCUT2D eigenvalue weighted by Gasteiger charge is -2.32. The zero-order valence-electron chi connectivity index (χ0n) is 23.0. The Kier molecular flexibility index (Phi) is 10.6. The third-order valence-electron chi connectivity index (χ3n) is 7.23. The number of nitrogens with zero attached hydrogens (tertiary/aromatic N) is 2. The Labute approximate surface area is 227 Å². The molecule has 0 radical (unpaired) electrons. The Balaban J connectivity index is 1.71. The van der Waals surface area contributed by atoms with Crippen LogP contribution in [0.25, 0.3) is 0 Å². The summed E-state index contributed by atoms with van der Waals surface area (Å²) in [6, 6.07) is 14.1. The number of rotatable bonds is 12. The van der Waals surface area contributed by atoms with Gasteiger partial charge in [-0.1, -0.05) is 43.5 Å². The van der Waals surface area contributed by atoms with Crippen molar-refractivity contribution in [2.45, 2.75) is 77.4 Å². The second-order valence-corrected chi connectivity index (χ2v) is 12.0. The third-order valence-corrected chi connectivity index (χ3v) is 8.43. The monoisotopic (exact) mass is 543 g/mol. The van der Waals surface area contributed by atoms with E-state index in [9.17, 15) is 18.0 Å². The zero-order chi connectivity index (χ0) is 27.7. The molecule has 1 N–H and O–H groups in total. The first-order valence-electron chi connectivity index (χ1n) is 13.4. The first-order chi connectivity index (χ1) is 18.1. The van der Waals surface area contributed by atoms with E-state index in [2.05, 4.69) is 5.32 Å². The summed E-state index contributed by atoms with van der Waals surface area (Å²) < 4.78 is 31.5. The van der Waals surface area contributed by atoms with E-state index in [4.69, 9.17) is 4.74 Å². The Morgan fingerprint density at radius 2 is 1.71 bits per heavy atom. The number of sulfonamides is 1. The Morgan fingerprint density at radius 3 is 2.32 bits per heavy atom. The van der Waals surface area contributed by atoms with Gasteiger partial charge < -0.3 is 15.0 Å². The van der Waals surface area contributed by atoms with Gasteiger partial charge in [-0.25, -0.2) is 8.42 Å². The molecule has 1 aliphatic carbocycles. The van der Waals surface area contributed by atoms with Crippen LogP contribution in [-0.2, 0) is 26.2 Å². The predicted molar refractivity (Wildman–Crippen MR) is 151 cm³/mol. The minimum absolute atomic E-state index is 0.120. The quantitative estimate of drug-likeness (QED) is 0.428. The van der Waals surface area contributed by atoms with E-state index in [0.29, 0.717) is 24.4 Å². The van der Waals surface area contributed by atoms with Crippen LogP contribution in [0.15, 0.2) is 48.5 Å². The highest BCUT2D eigenvalue weighted by Crippen LogP contribution is 2.23. The molecule has 1 unspecified atom stereocenters. The molecule has 2 amide bonds. The number of benzene rings is 2. The summed E-state index contributed by atoms with van der Waals surface area (Å²) >= 11 is 0. The minimum atomic E-state index is -3.55. The standard InChI is InChI=1S/C29H41N3O5S/c1-22-11-8-9-12-24(22)21-31(23(2)29(34)30-25-13-6-5-7-14-25)28(33)15-10-20-32(38(4,35)36)26-16-18-27(37-3)19-17-26/h8-9,11-12,16-19,23,25H,5-7,10,13-15,20-21H2,1-4H3,(H,30,34). The van der Waals surface area contributed by atoms with Crippen LogP contribution in [0.3, 0.4) is 0 Å². The van der Waals surface area contributed by atoms with Crippen LogP contribution in [0.1, 0.15) is 63.0 Å². The largest absolute Gasteiger partial charge is 0.497 e. The molecule has 1 atom stereocenters. The van der Waals surface area contributed by atoms with Crippen LogP contribution >= 0.6 is 0 Å². The third kappa shape index (κ3) is 8.21. The van der Waals surface area contributed by atoms with Gasteiger partial charge in [0.2, 0.25) is 21.8 Å². The van der Waals surface area contributed by atoms with Gasteiger partial charge in [0.25, 0.3) is 0 Å². The summed E-state index contributed by atoms with van der Waals surface area (Å²) in [6.07, 6.45) is 6.94. The summed E-state index contributed by atoms with van der Waals surface area (Å²) in [6.45, 7) is 4.23. The molecule has 0 heterocycles. The van der Waals surface area contributed by atoms with Crippen LogP contribution in [0, 0.1) is 6.92 Å². The van der Waals surface area contributed by atoms with E-state index in [-0.39, 0.29) is 30.8 Å². The van der Waals surface area contributed by atoms with Crippen molar-refractivity contribution in [2.75, 3.05) is 24.2 Å². The van der Waals surface area contributed by atoms with E-state index < -0.39 is 16.1 Å². The van der Waals surface area contributed by atoms with Gasteiger partial charge in [-0.15, -0.1) is 0 Å². The molecule has 0 aliphatic heterocycles. The number of nitrogens with one attached hydrogen (secondary N) is 1. The van der Waals surface area contributed by atoms with E-state index in [1.165, 1.54) is 10.7 Å². The summed E-state index contributed by atoms with van der Waals surface area (Å²) in [5, 5.41) is 3.15. The maximum absolute atomic E-state index is 13.5. The SMILES string of the molecule is COc1ccc(N(CCCC(=O)N(Cc2ccccc2C)C(C)C(=O)NC2CCCCC2)S(C)(=O)=O)cc1. The van der Waals surface area contributed by atoms with Crippen LogP contribution in [0.4, 0.5) is 5.69 Å². The molecule has 9 heteroatoms. The maximum atomic E-state index is 13.5. The van der Waals surface area contributed by atoms with Crippen molar-refractivity contribution in [1.29, 1.82) is 0 Å². The Bertz CT molecular complexity index is 1180. The molecular weight excluding hydrogens is 502 g/mol. The molecule has 38 heavy (non-hydrogen) atoms. The maximum Gasteiger partial charge on any atom is 0.242 e. The van der Waals surface area contributed by atoms with Crippen molar-refractivity contribution in [3.63, 3.8) is 0 Å². The number of hydrogen-bond donors (Lipinski definition) is 1. The molecule has 3 rings (SSSR count). The number of carbonyl (C=O) groups excluding carboxylic acids is 2. The Morgan fingerprint density at radius 1 is 1.05 bits per heavy atom. The van der Waals surface area contributed by atoms with Crippen molar-refractivity contribution < 1.29 is 22.7 Å². The van der Waals surface area contributed by atoms with Gasteiger partial charge in [0.05, 0.1) is 19.1 Å². The lowest BCUT2D eigenvalue weighted by molar-refractivity contribution is -0.141. The number of hydrogen-bond acceptors (Lipinski definition) is 5. The lowest BCUT2D eigenvalue weighted by Crippen LogP contribution is -2.50. The number of amides is 2. The van der Waals surface area contributed by atoms with Crippen molar-refractivity contribution in [3.05, 3.63) is 59.7 Å². The number of methoxy groups -OCH3 is 1. The minimum Gasteiger partial charge on any atom is -0.497 e. The van der Waals surface area contributed by atoms with Crippen molar-refractivity contribution >= 4 is 27.5 Å². The molecule has 8 nitrogen and oxygen atoms in total. The molecule has 1 saturated carbocycles. The van der Waals surface area contributed by atoms with Gasteiger partial charge in [0.1, 0.15) is 11.8 Å². The zero-order valence-corrected chi connectivity index (χ0v) is 23.8. The summed E-state index contributed by atoms with van der Waals surface area (Å²) in [4.78, 5) is 28.3. The van der Waals surface area contributed by atoms with E-state index in [1.807, 2.05) is 31.2 Å². The highest BCUT2D eigenvalue weighted by atomic mass is 32.2. The van der Waals surface area contributed by atoms with Gasteiger partial charge >= 0.3 is 0 Å². The van der Waals surface area contributed by atoms with Crippen molar-refractivity contribution in [3.8, 4) is 5.75 Å². The fraction of sp³-hybridized carbons (Fsp3) is 0.517. The number of carbonyl (C=O) groups is 2. The first kappa shape index (κ1) is 29.5. The van der Waals surface area contributed by atoms with Crippen molar-refractivity contribution in [2.24, 2.45) is 0 Å². The second kappa shape index (κ2) is 13.6. The number of ether oxygens (including phenoxy) is 1. The number of anilines is 1. The first-order valence-corrected chi connectivity index (χ1v) is 15.2. The van der Waals surface area contributed by atoms with E-state index in [0.717, 1.165) is 43.1 Å². The average molecular weight is 544 g/mol. The average Bonchev–Trinajstić information content (AvgIpc) is 2.90. The fourth-order valence-corrected chi connectivity index (χ4v) is 5.84. The van der Waals surface area contributed by atoms with E-state index in [1.54, 1.807) is 43.2 Å².